The van der Waals surface area contributed by atoms with Crippen molar-refractivity contribution in [2.24, 2.45) is 0 Å². The summed E-state index contributed by atoms with van der Waals surface area (Å²) in [5.74, 6) is 1.83. The van der Waals surface area contributed by atoms with Crippen LogP contribution in [0.15, 0.2) is 59.5 Å². The molecule has 0 aliphatic carbocycles. The van der Waals surface area contributed by atoms with Gasteiger partial charge >= 0.3 is 0 Å². The molecule has 2 aromatic carbocycles. The van der Waals surface area contributed by atoms with Crippen molar-refractivity contribution in [2.75, 3.05) is 17.6 Å². The maximum absolute atomic E-state index is 3.51. The van der Waals surface area contributed by atoms with E-state index in [1.54, 1.807) is 0 Å². The van der Waals surface area contributed by atoms with Gasteiger partial charge in [-0.2, -0.15) is 0 Å². The average molecular weight is 241 g/mol. The molecule has 0 spiro atoms. The van der Waals surface area contributed by atoms with Gasteiger partial charge in [0.05, 0.1) is 0 Å². The van der Waals surface area contributed by atoms with Crippen LogP contribution in [-0.2, 0) is 0 Å². The van der Waals surface area contributed by atoms with Crippen molar-refractivity contribution in [3.63, 3.8) is 0 Å². The lowest BCUT2D eigenvalue weighted by Crippen LogP contribution is -2.12. The van der Waals surface area contributed by atoms with E-state index in [1.807, 2.05) is 17.8 Å². The molecule has 2 aromatic rings. The van der Waals surface area contributed by atoms with Gasteiger partial charge in [0.15, 0.2) is 0 Å². The quantitative estimate of drug-likeness (QED) is 0.872. The van der Waals surface area contributed by atoms with E-state index in [9.17, 15) is 0 Å². The number of hydrogen-bond donors (Lipinski definition) is 1. The topological polar surface area (TPSA) is 12.0 Å². The summed E-state index contributed by atoms with van der Waals surface area (Å²) in [4.78, 5) is 1.45. The molecule has 2 heteroatoms. The summed E-state index contributed by atoms with van der Waals surface area (Å²) in [5, 5.41) is 3.51. The smallest absolute Gasteiger partial charge is 0.0340 e. The van der Waals surface area contributed by atoms with Gasteiger partial charge in [0.2, 0.25) is 0 Å². The van der Waals surface area contributed by atoms with Crippen LogP contribution in [0.25, 0.3) is 0 Å². The van der Waals surface area contributed by atoms with Crippen LogP contribution >= 0.6 is 11.8 Å². The number of hydrogen-bond acceptors (Lipinski definition) is 2. The lowest BCUT2D eigenvalue weighted by molar-refractivity contribution is 0.819. The predicted molar refractivity (Wildman–Crippen MR) is 74.8 cm³/mol. The van der Waals surface area contributed by atoms with Crippen molar-refractivity contribution in [3.8, 4) is 0 Å². The zero-order valence-corrected chi connectivity index (χ0v) is 10.4. The molecule has 3 rings (SSSR count). The first-order valence-electron chi connectivity index (χ1n) is 5.94. The third kappa shape index (κ3) is 2.32. The van der Waals surface area contributed by atoms with Gasteiger partial charge in [-0.3, -0.25) is 0 Å². The maximum Gasteiger partial charge on any atom is 0.0340 e. The van der Waals surface area contributed by atoms with Crippen LogP contribution in [0.4, 0.5) is 5.69 Å². The SMILES string of the molecule is c1ccc(NCC2CSc3ccccc32)cc1. The summed E-state index contributed by atoms with van der Waals surface area (Å²) in [6.07, 6.45) is 0. The first-order valence-corrected chi connectivity index (χ1v) is 6.93. The monoisotopic (exact) mass is 241 g/mol. The summed E-state index contributed by atoms with van der Waals surface area (Å²) >= 11 is 1.97. The fourth-order valence-corrected chi connectivity index (χ4v) is 3.45. The Balaban J connectivity index is 1.68. The van der Waals surface area contributed by atoms with Crippen LogP contribution in [0.3, 0.4) is 0 Å². The lowest BCUT2D eigenvalue weighted by atomic mass is 10.0. The zero-order valence-electron chi connectivity index (χ0n) is 9.60. The van der Waals surface area contributed by atoms with Gasteiger partial charge in [-0.25, -0.2) is 0 Å². The Morgan fingerprint density at radius 1 is 1.00 bits per heavy atom. The fourth-order valence-electron chi connectivity index (χ4n) is 2.20. The largest absolute Gasteiger partial charge is 0.384 e. The molecule has 0 bridgehead atoms. The molecule has 1 nitrogen and oxygen atoms in total. The van der Waals surface area contributed by atoms with Crippen molar-refractivity contribution in [1.29, 1.82) is 0 Å². The third-order valence-electron chi connectivity index (χ3n) is 3.13. The predicted octanol–water partition coefficient (Wildman–Crippen LogP) is 3.99. The van der Waals surface area contributed by atoms with Gasteiger partial charge in [0, 0.05) is 28.8 Å². The van der Waals surface area contributed by atoms with Crippen molar-refractivity contribution in [1.82, 2.24) is 0 Å². The number of para-hydroxylation sites is 1. The van der Waals surface area contributed by atoms with Gasteiger partial charge in [0.25, 0.3) is 0 Å². The highest BCUT2D eigenvalue weighted by Gasteiger charge is 2.21. The highest BCUT2D eigenvalue weighted by molar-refractivity contribution is 7.99. The fraction of sp³-hybridized carbons (Fsp3) is 0.200. The molecule has 0 saturated carbocycles. The van der Waals surface area contributed by atoms with Crippen molar-refractivity contribution >= 4 is 17.4 Å². The molecule has 1 heterocycles. The molecule has 0 fully saturated rings. The average Bonchev–Trinajstić information content (AvgIpc) is 2.81. The minimum Gasteiger partial charge on any atom is -0.384 e. The Hall–Kier alpha value is -1.41. The summed E-state index contributed by atoms with van der Waals surface area (Å²) < 4.78 is 0. The number of nitrogens with one attached hydrogen (secondary N) is 1. The molecule has 1 N–H and O–H groups in total. The molecule has 1 atom stereocenters. The van der Waals surface area contributed by atoms with Crippen LogP contribution in [0, 0.1) is 0 Å². The van der Waals surface area contributed by atoms with Crippen LogP contribution in [0.5, 0.6) is 0 Å². The van der Waals surface area contributed by atoms with E-state index in [1.165, 1.54) is 21.9 Å². The second-order valence-corrected chi connectivity index (χ2v) is 5.35. The molecule has 1 aliphatic heterocycles. The van der Waals surface area contributed by atoms with Crippen molar-refractivity contribution in [3.05, 3.63) is 60.2 Å². The summed E-state index contributed by atoms with van der Waals surface area (Å²) in [5.41, 5.74) is 2.71. The second kappa shape index (κ2) is 4.84. The van der Waals surface area contributed by atoms with E-state index in [0.29, 0.717) is 5.92 Å². The van der Waals surface area contributed by atoms with Crippen molar-refractivity contribution in [2.45, 2.75) is 10.8 Å². The Morgan fingerprint density at radius 2 is 1.76 bits per heavy atom. The van der Waals surface area contributed by atoms with Gasteiger partial charge in [0.1, 0.15) is 0 Å². The number of anilines is 1. The Labute approximate surface area is 106 Å². The first-order chi connectivity index (χ1) is 8.43. The zero-order chi connectivity index (χ0) is 11.5. The summed E-state index contributed by atoms with van der Waals surface area (Å²) in [7, 11) is 0. The van der Waals surface area contributed by atoms with Gasteiger partial charge in [-0.1, -0.05) is 36.4 Å². The summed E-state index contributed by atoms with van der Waals surface area (Å²) in [6.45, 7) is 1.02. The molecular weight excluding hydrogens is 226 g/mol. The van der Waals surface area contributed by atoms with Crippen LogP contribution in [-0.4, -0.2) is 12.3 Å². The number of benzene rings is 2. The Bertz CT molecular complexity index is 495. The molecule has 17 heavy (non-hydrogen) atoms. The van der Waals surface area contributed by atoms with E-state index >= 15 is 0 Å². The highest BCUT2D eigenvalue weighted by atomic mass is 32.2. The van der Waals surface area contributed by atoms with Crippen molar-refractivity contribution < 1.29 is 0 Å². The van der Waals surface area contributed by atoms with Crippen LogP contribution in [0.1, 0.15) is 11.5 Å². The van der Waals surface area contributed by atoms with Gasteiger partial charge < -0.3 is 5.32 Å². The minimum atomic E-state index is 0.636. The second-order valence-electron chi connectivity index (χ2n) is 4.29. The maximum atomic E-state index is 3.51. The molecule has 0 radical (unpaired) electrons. The number of rotatable bonds is 3. The van der Waals surface area contributed by atoms with Gasteiger partial charge in [-0.15, -0.1) is 11.8 Å². The third-order valence-corrected chi connectivity index (χ3v) is 4.38. The molecule has 0 amide bonds. The van der Waals surface area contributed by atoms with E-state index < -0.39 is 0 Å². The first kappa shape index (κ1) is 10.7. The molecule has 1 aliphatic rings. The number of thioether (sulfide) groups is 1. The highest BCUT2D eigenvalue weighted by Crippen LogP contribution is 2.39. The van der Waals surface area contributed by atoms with E-state index in [-0.39, 0.29) is 0 Å². The minimum absolute atomic E-state index is 0.636. The van der Waals surface area contributed by atoms with E-state index in [2.05, 4.69) is 53.8 Å². The molecule has 0 saturated heterocycles. The Kier molecular flexibility index (Phi) is 3.06. The molecule has 0 aromatic heterocycles. The molecule has 1 unspecified atom stereocenters. The lowest BCUT2D eigenvalue weighted by Gasteiger charge is -2.12. The van der Waals surface area contributed by atoms with E-state index in [4.69, 9.17) is 0 Å². The normalized spacial score (nSPS) is 17.8. The summed E-state index contributed by atoms with van der Waals surface area (Å²) in [6, 6.07) is 19.2. The Morgan fingerprint density at radius 3 is 2.65 bits per heavy atom. The van der Waals surface area contributed by atoms with Gasteiger partial charge in [-0.05, 0) is 23.8 Å². The molecular formula is C15H15NS. The number of fused-ring (bicyclic) bond motifs is 1. The van der Waals surface area contributed by atoms with Crippen LogP contribution in [0.2, 0.25) is 0 Å². The molecule has 86 valence electrons. The van der Waals surface area contributed by atoms with E-state index in [0.717, 1.165) is 6.54 Å². The standard InChI is InChI=1S/C15H15NS/c1-2-6-13(7-3-1)16-10-12-11-17-15-9-5-4-8-14(12)15/h1-9,12,16H,10-11H2. The van der Waals surface area contributed by atoms with Crippen LogP contribution < -0.4 is 5.32 Å².